The van der Waals surface area contributed by atoms with Crippen molar-refractivity contribution in [3.05, 3.63) is 63.7 Å². The first kappa shape index (κ1) is 13.0. The number of hydrogen-bond donors (Lipinski definition) is 1. The van der Waals surface area contributed by atoms with Gasteiger partial charge in [0.25, 0.3) is 0 Å². The number of nitrogens with one attached hydrogen (secondary N) is 1. The summed E-state index contributed by atoms with van der Waals surface area (Å²) in [5, 5.41) is 5.03. The van der Waals surface area contributed by atoms with Gasteiger partial charge in [0, 0.05) is 12.0 Å². The standard InChI is InChI=1S/C13H13NO2S2/c15-18(16,14-10-13-6-8-17-11-13)9-7-12-4-2-1-3-5-12/h1-9,11,14H,10H2/b9-7+. The second-order valence-electron chi connectivity index (χ2n) is 3.71. The minimum atomic E-state index is -3.38. The van der Waals surface area contributed by atoms with E-state index in [0.717, 1.165) is 11.1 Å². The highest BCUT2D eigenvalue weighted by atomic mass is 32.2. The first-order valence-electron chi connectivity index (χ1n) is 5.40. The van der Waals surface area contributed by atoms with Gasteiger partial charge < -0.3 is 0 Å². The normalized spacial score (nSPS) is 12.0. The summed E-state index contributed by atoms with van der Waals surface area (Å²) in [6.07, 6.45) is 1.58. The highest BCUT2D eigenvalue weighted by Crippen LogP contribution is 2.07. The van der Waals surface area contributed by atoms with Gasteiger partial charge in [-0.3, -0.25) is 0 Å². The molecule has 0 bridgehead atoms. The summed E-state index contributed by atoms with van der Waals surface area (Å²) in [5.41, 5.74) is 1.83. The fraction of sp³-hybridized carbons (Fsp3) is 0.0769. The molecule has 0 fully saturated rings. The predicted molar refractivity (Wildman–Crippen MR) is 75.6 cm³/mol. The number of sulfonamides is 1. The lowest BCUT2D eigenvalue weighted by molar-refractivity contribution is 0.591. The molecule has 0 unspecified atom stereocenters. The van der Waals surface area contributed by atoms with E-state index < -0.39 is 10.0 Å². The minimum Gasteiger partial charge on any atom is -0.208 e. The first-order chi connectivity index (χ1) is 8.66. The first-order valence-corrected chi connectivity index (χ1v) is 7.88. The van der Waals surface area contributed by atoms with Crippen LogP contribution in [-0.2, 0) is 16.6 Å². The molecule has 2 aromatic rings. The summed E-state index contributed by atoms with van der Waals surface area (Å²) in [4.78, 5) is 0. The number of thiophene rings is 1. The Morgan fingerprint density at radius 1 is 1.17 bits per heavy atom. The Labute approximate surface area is 111 Å². The molecule has 1 aromatic carbocycles. The number of benzene rings is 1. The summed E-state index contributed by atoms with van der Waals surface area (Å²) >= 11 is 1.55. The van der Waals surface area contributed by atoms with E-state index in [1.54, 1.807) is 17.4 Å². The third-order valence-corrected chi connectivity index (χ3v) is 4.07. The molecule has 18 heavy (non-hydrogen) atoms. The van der Waals surface area contributed by atoms with E-state index in [0.29, 0.717) is 6.54 Å². The van der Waals surface area contributed by atoms with Gasteiger partial charge in [0.2, 0.25) is 10.0 Å². The molecule has 0 amide bonds. The third kappa shape index (κ3) is 4.10. The molecule has 1 aromatic heterocycles. The van der Waals surface area contributed by atoms with Crippen molar-refractivity contribution in [2.75, 3.05) is 0 Å². The van der Waals surface area contributed by atoms with Gasteiger partial charge in [0.15, 0.2) is 0 Å². The van der Waals surface area contributed by atoms with E-state index in [1.807, 2.05) is 47.2 Å². The van der Waals surface area contributed by atoms with Crippen molar-refractivity contribution in [1.82, 2.24) is 4.72 Å². The van der Waals surface area contributed by atoms with E-state index in [-0.39, 0.29) is 0 Å². The van der Waals surface area contributed by atoms with E-state index in [9.17, 15) is 8.42 Å². The maximum absolute atomic E-state index is 11.7. The van der Waals surface area contributed by atoms with Crippen LogP contribution in [0.5, 0.6) is 0 Å². The Balaban J connectivity index is 1.97. The van der Waals surface area contributed by atoms with Crippen LogP contribution in [0.3, 0.4) is 0 Å². The SMILES string of the molecule is O=S(=O)(/C=C/c1ccccc1)NCc1ccsc1. The van der Waals surface area contributed by atoms with Crippen LogP contribution in [0, 0.1) is 0 Å². The van der Waals surface area contributed by atoms with Crippen LogP contribution in [0.25, 0.3) is 6.08 Å². The fourth-order valence-corrected chi connectivity index (χ4v) is 2.83. The Kier molecular flexibility index (Phi) is 4.30. The summed E-state index contributed by atoms with van der Waals surface area (Å²) in [5.74, 6) is 0. The molecular formula is C13H13NO2S2. The Morgan fingerprint density at radius 3 is 2.61 bits per heavy atom. The molecule has 0 aliphatic carbocycles. The fourth-order valence-electron chi connectivity index (χ4n) is 1.36. The molecule has 5 heteroatoms. The van der Waals surface area contributed by atoms with E-state index in [2.05, 4.69) is 4.72 Å². The van der Waals surface area contributed by atoms with E-state index >= 15 is 0 Å². The molecule has 0 spiro atoms. The molecule has 1 N–H and O–H groups in total. The molecule has 0 aliphatic rings. The van der Waals surface area contributed by atoms with Gasteiger partial charge in [0.05, 0.1) is 0 Å². The Morgan fingerprint density at radius 2 is 1.94 bits per heavy atom. The van der Waals surface area contributed by atoms with E-state index in [1.165, 1.54) is 5.41 Å². The number of rotatable bonds is 5. The van der Waals surface area contributed by atoms with Gasteiger partial charge in [-0.1, -0.05) is 30.3 Å². The molecule has 1 heterocycles. The molecule has 0 saturated heterocycles. The van der Waals surface area contributed by atoms with Crippen LogP contribution in [0.15, 0.2) is 52.6 Å². The quantitative estimate of drug-likeness (QED) is 0.914. The topological polar surface area (TPSA) is 46.2 Å². The lowest BCUT2D eigenvalue weighted by Gasteiger charge is -2.00. The van der Waals surface area contributed by atoms with Crippen molar-refractivity contribution >= 4 is 27.4 Å². The molecule has 0 saturated carbocycles. The van der Waals surface area contributed by atoms with Crippen LogP contribution in [0.4, 0.5) is 0 Å². The van der Waals surface area contributed by atoms with Crippen LogP contribution < -0.4 is 4.72 Å². The Bertz CT molecular complexity index is 602. The molecule has 0 atom stereocenters. The van der Waals surface area contributed by atoms with Gasteiger partial charge in [-0.15, -0.1) is 0 Å². The van der Waals surface area contributed by atoms with Gasteiger partial charge in [-0.2, -0.15) is 11.3 Å². The highest BCUT2D eigenvalue weighted by molar-refractivity contribution is 7.92. The zero-order valence-corrected chi connectivity index (χ0v) is 11.2. The maximum atomic E-state index is 11.7. The van der Waals surface area contributed by atoms with Gasteiger partial charge >= 0.3 is 0 Å². The van der Waals surface area contributed by atoms with Crippen molar-refractivity contribution < 1.29 is 8.42 Å². The summed E-state index contributed by atoms with van der Waals surface area (Å²) < 4.78 is 25.9. The molecule has 0 radical (unpaired) electrons. The van der Waals surface area contributed by atoms with Crippen molar-refractivity contribution in [2.24, 2.45) is 0 Å². The second kappa shape index (κ2) is 5.95. The average Bonchev–Trinajstić information content (AvgIpc) is 2.89. The lowest BCUT2D eigenvalue weighted by atomic mass is 10.2. The van der Waals surface area contributed by atoms with Crippen LogP contribution in [-0.4, -0.2) is 8.42 Å². The Hall–Kier alpha value is -1.43. The predicted octanol–water partition coefficient (Wildman–Crippen LogP) is 2.84. The summed E-state index contributed by atoms with van der Waals surface area (Å²) in [6.45, 7) is 0.324. The summed E-state index contributed by atoms with van der Waals surface area (Å²) in [7, 11) is -3.38. The lowest BCUT2D eigenvalue weighted by Crippen LogP contribution is -2.20. The summed E-state index contributed by atoms with van der Waals surface area (Å²) in [6, 6.07) is 11.2. The highest BCUT2D eigenvalue weighted by Gasteiger charge is 2.04. The van der Waals surface area contributed by atoms with E-state index in [4.69, 9.17) is 0 Å². The van der Waals surface area contributed by atoms with Crippen LogP contribution >= 0.6 is 11.3 Å². The minimum absolute atomic E-state index is 0.324. The van der Waals surface area contributed by atoms with Crippen molar-refractivity contribution in [1.29, 1.82) is 0 Å². The third-order valence-electron chi connectivity index (χ3n) is 2.30. The second-order valence-corrected chi connectivity index (χ2v) is 6.14. The van der Waals surface area contributed by atoms with Gasteiger partial charge in [-0.25, -0.2) is 13.1 Å². The smallest absolute Gasteiger partial charge is 0.208 e. The monoisotopic (exact) mass is 279 g/mol. The van der Waals surface area contributed by atoms with Crippen molar-refractivity contribution in [3.8, 4) is 0 Å². The largest absolute Gasteiger partial charge is 0.234 e. The van der Waals surface area contributed by atoms with Crippen molar-refractivity contribution in [2.45, 2.75) is 6.54 Å². The molecule has 3 nitrogen and oxygen atoms in total. The maximum Gasteiger partial charge on any atom is 0.234 e. The van der Waals surface area contributed by atoms with Gasteiger partial charge in [-0.05, 0) is 34.0 Å². The van der Waals surface area contributed by atoms with Crippen LogP contribution in [0.1, 0.15) is 11.1 Å². The van der Waals surface area contributed by atoms with Crippen molar-refractivity contribution in [3.63, 3.8) is 0 Å². The molecule has 0 aliphatic heterocycles. The molecule has 94 valence electrons. The van der Waals surface area contributed by atoms with Crippen LogP contribution in [0.2, 0.25) is 0 Å². The molecular weight excluding hydrogens is 266 g/mol. The zero-order chi connectivity index (χ0) is 12.8. The zero-order valence-electron chi connectivity index (χ0n) is 9.61. The molecule has 2 rings (SSSR count). The van der Waals surface area contributed by atoms with Gasteiger partial charge in [0.1, 0.15) is 0 Å². The number of hydrogen-bond acceptors (Lipinski definition) is 3. The average molecular weight is 279 g/mol.